The molecule has 0 radical (unpaired) electrons. The molecule has 11 rings (SSSR count). The van der Waals surface area contributed by atoms with Gasteiger partial charge in [-0.15, -0.1) is 0 Å². The molecule has 7 aromatic carbocycles. The van der Waals surface area contributed by atoms with E-state index < -0.39 is 211 Å². The van der Waals surface area contributed by atoms with Crippen LogP contribution in [0.5, 0.6) is 0 Å². The number of rotatable bonds is 4. The second kappa shape index (κ2) is 10.8. The third-order valence-corrected chi connectivity index (χ3v) is 8.51. The molecule has 11 aromatic rings. The maximum Gasteiger partial charge on any atom is 0.180 e. The highest BCUT2D eigenvalue weighted by Crippen LogP contribution is 2.39. The Balaban J connectivity index is 1.31. The van der Waals surface area contributed by atoms with E-state index in [-0.39, 0.29) is 16.8 Å². The third-order valence-electron chi connectivity index (χ3n) is 8.51. The summed E-state index contributed by atoms with van der Waals surface area (Å²) < 4.78 is 216. The number of nitrogens with zero attached hydrogens (tertiary/aromatic N) is 4. The highest BCUT2D eigenvalue weighted by molar-refractivity contribution is 6.13. The first kappa shape index (κ1) is 13.7. The van der Waals surface area contributed by atoms with Gasteiger partial charge in [0.1, 0.15) is 23.1 Å². The van der Waals surface area contributed by atoms with Gasteiger partial charge in [0, 0.05) is 43.9 Å². The molecule has 5 nitrogen and oxygen atoms in total. The lowest BCUT2D eigenvalue weighted by Gasteiger charge is -2.11. The van der Waals surface area contributed by atoms with Crippen molar-refractivity contribution >= 4 is 65.7 Å². The maximum atomic E-state index is 9.88. The van der Waals surface area contributed by atoms with Gasteiger partial charge in [0.15, 0.2) is 5.58 Å². The predicted octanol–water partition coefficient (Wildman–Crippen LogP) is 11.9. The molecule has 0 aliphatic carbocycles. The number of aromatic nitrogens is 4. The first-order chi connectivity index (χ1) is 34.9. The van der Waals surface area contributed by atoms with Crippen molar-refractivity contribution in [2.45, 2.75) is 0 Å². The average molecular weight is 676 g/mol. The van der Waals surface area contributed by atoms with Gasteiger partial charge in [-0.1, -0.05) is 90.7 Å². The van der Waals surface area contributed by atoms with Crippen molar-refractivity contribution in [2.75, 3.05) is 0 Å². The summed E-state index contributed by atoms with van der Waals surface area (Å²) in [4.78, 5) is 8.66. The lowest BCUT2D eigenvalue weighted by Crippen LogP contribution is -1.95. The molecule has 4 aromatic heterocycles. The van der Waals surface area contributed by atoms with Crippen LogP contribution in [0, 0.1) is 0 Å². The van der Waals surface area contributed by atoms with Crippen LogP contribution in [-0.4, -0.2) is 19.1 Å². The molecule has 0 bridgehead atoms. The van der Waals surface area contributed by atoms with Gasteiger partial charge >= 0.3 is 0 Å². The van der Waals surface area contributed by atoms with E-state index >= 15 is 0 Å². The average Bonchev–Trinajstić information content (AvgIpc) is 4.06. The van der Waals surface area contributed by atoms with Gasteiger partial charge in [-0.3, -0.25) is 0 Å². The highest BCUT2D eigenvalue weighted by atomic mass is 16.3. The fraction of sp³-hybridized carbons (Fsp3) is 0. The number of para-hydroxylation sites is 4. The zero-order chi connectivity index (χ0) is 53.5. The Morgan fingerprint density at radius 2 is 1.08 bits per heavy atom. The van der Waals surface area contributed by atoms with Crippen molar-refractivity contribution in [3.63, 3.8) is 0 Å². The van der Waals surface area contributed by atoms with E-state index in [1.165, 1.54) is 0 Å². The standard InChI is InChI=1S/C46H28N4O/c1-2-12-32(13-3-1)49-39-18-7-4-15-34(39)37-26-29(21-23-41(37)49)30-22-24-42-38(27-30)35-16-5-8-19-40(35)50(42)33-14-10-11-31(25-33)44-46-45(48-28-47-44)36-17-6-9-20-43(36)51-46/h1-28H/i1D,2D,3D,4D,5D,7D,8D,10D,11D,12D,13D,14D,15D,16D,18D,19D,21D,22D,23D,24D,25D,26D,27D. The number of fused-ring (bicyclic) bond motifs is 9. The summed E-state index contributed by atoms with van der Waals surface area (Å²) in [5.74, 6) is 0. The summed E-state index contributed by atoms with van der Waals surface area (Å²) in [6, 6.07) is -12.7. The number of hydrogen-bond donors (Lipinski definition) is 0. The van der Waals surface area contributed by atoms with Gasteiger partial charge < -0.3 is 13.6 Å². The second-order valence-electron chi connectivity index (χ2n) is 11.3. The summed E-state index contributed by atoms with van der Waals surface area (Å²) >= 11 is 0. The summed E-state index contributed by atoms with van der Waals surface area (Å²) in [7, 11) is 0. The molecule has 0 N–H and O–H groups in total. The molecule has 0 fully saturated rings. The van der Waals surface area contributed by atoms with Gasteiger partial charge in [-0.25, -0.2) is 9.97 Å². The maximum absolute atomic E-state index is 9.88. The van der Waals surface area contributed by atoms with Crippen LogP contribution in [0.1, 0.15) is 31.5 Å². The molecule has 0 spiro atoms. The molecule has 5 heteroatoms. The van der Waals surface area contributed by atoms with E-state index in [1.807, 2.05) is 0 Å². The number of hydrogen-bond acceptors (Lipinski definition) is 3. The normalized spacial score (nSPS) is 18.2. The molecular weight excluding hydrogens is 625 g/mol. The largest absolute Gasteiger partial charge is 0.452 e. The van der Waals surface area contributed by atoms with Crippen molar-refractivity contribution in [2.24, 2.45) is 0 Å². The molecular formula is C46H28N4O. The van der Waals surface area contributed by atoms with Crippen LogP contribution in [-0.2, 0) is 0 Å². The molecule has 0 amide bonds. The van der Waals surface area contributed by atoms with E-state index in [0.29, 0.717) is 11.0 Å². The zero-order valence-corrected chi connectivity index (χ0v) is 25.6. The fourth-order valence-corrected chi connectivity index (χ4v) is 6.35. The van der Waals surface area contributed by atoms with Crippen LogP contribution >= 0.6 is 0 Å². The second-order valence-corrected chi connectivity index (χ2v) is 11.3. The Morgan fingerprint density at radius 3 is 1.80 bits per heavy atom. The van der Waals surface area contributed by atoms with Crippen molar-refractivity contribution in [1.82, 2.24) is 19.1 Å². The van der Waals surface area contributed by atoms with E-state index in [2.05, 4.69) is 9.97 Å². The van der Waals surface area contributed by atoms with Crippen molar-refractivity contribution in [3.8, 4) is 33.8 Å². The molecule has 0 unspecified atom stereocenters. The SMILES string of the molecule is [2H]c1c([2H])c([2H])c(-n2c3c([2H])c([2H])c([2H])c([2H])c3c3c([2H])c(-c4c([2H])c([2H])c5c(c4[2H])c4c([2H])c([2H])c([2H])c([2H])c4n5-c4c([2H])c([2H])c([2H])c(-c5ncnc6c5oc5ccccc56)c4[2H])c([2H])c([2H])c32)c([2H])c1[2H]. The van der Waals surface area contributed by atoms with Crippen LogP contribution < -0.4 is 0 Å². The molecule has 0 atom stereocenters. The summed E-state index contributed by atoms with van der Waals surface area (Å²) in [6.07, 6.45) is 1.14. The Labute approximate surface area is 324 Å². The quantitative estimate of drug-likeness (QED) is 0.187. The Morgan fingerprint density at radius 1 is 0.471 bits per heavy atom. The van der Waals surface area contributed by atoms with Gasteiger partial charge in [0.25, 0.3) is 0 Å². The Hall–Kier alpha value is -6.98. The number of benzene rings is 7. The monoisotopic (exact) mass is 675 g/mol. The lowest BCUT2D eigenvalue weighted by molar-refractivity contribution is 0.667. The molecule has 0 aliphatic rings. The topological polar surface area (TPSA) is 48.8 Å². The van der Waals surface area contributed by atoms with E-state index in [1.54, 1.807) is 24.3 Å². The van der Waals surface area contributed by atoms with Crippen molar-refractivity contribution in [1.29, 1.82) is 0 Å². The molecule has 4 heterocycles. The van der Waals surface area contributed by atoms with Gasteiger partial charge in [0.2, 0.25) is 0 Å². The van der Waals surface area contributed by atoms with E-state index in [0.717, 1.165) is 15.5 Å². The van der Waals surface area contributed by atoms with Crippen LogP contribution in [0.4, 0.5) is 0 Å². The fourth-order valence-electron chi connectivity index (χ4n) is 6.35. The first-order valence-corrected chi connectivity index (χ1v) is 15.3. The highest BCUT2D eigenvalue weighted by Gasteiger charge is 2.18. The van der Waals surface area contributed by atoms with Gasteiger partial charge in [0.05, 0.1) is 53.6 Å². The molecule has 238 valence electrons. The minimum absolute atomic E-state index is 0.00855. The molecule has 0 aliphatic heterocycles. The molecule has 0 saturated heterocycles. The van der Waals surface area contributed by atoms with Gasteiger partial charge in [-0.2, -0.15) is 0 Å². The Kier molecular flexibility index (Phi) is 2.90. The predicted molar refractivity (Wildman–Crippen MR) is 209 cm³/mol. The van der Waals surface area contributed by atoms with E-state index in [9.17, 15) is 13.7 Å². The van der Waals surface area contributed by atoms with Crippen LogP contribution in [0.15, 0.2) is 174 Å². The van der Waals surface area contributed by atoms with Crippen LogP contribution in [0.3, 0.4) is 0 Å². The minimum atomic E-state index is -0.973. The Bertz CT molecular complexity index is 4450. The minimum Gasteiger partial charge on any atom is -0.452 e. The van der Waals surface area contributed by atoms with Gasteiger partial charge in [-0.05, 0) is 83.7 Å². The zero-order valence-electron chi connectivity index (χ0n) is 48.6. The summed E-state index contributed by atoms with van der Waals surface area (Å²) in [5, 5.41) is -1.56. The third kappa shape index (κ3) is 4.15. The van der Waals surface area contributed by atoms with E-state index in [4.69, 9.17) is 22.2 Å². The molecule has 51 heavy (non-hydrogen) atoms. The summed E-state index contributed by atoms with van der Waals surface area (Å²) in [5.41, 5.74) is -5.04. The summed E-state index contributed by atoms with van der Waals surface area (Å²) in [6.45, 7) is 0. The van der Waals surface area contributed by atoms with Crippen molar-refractivity contribution < 1.29 is 35.9 Å². The van der Waals surface area contributed by atoms with Crippen molar-refractivity contribution in [3.05, 3.63) is 170 Å². The molecule has 0 saturated carbocycles. The first-order valence-electron chi connectivity index (χ1n) is 26.8. The lowest BCUT2D eigenvalue weighted by atomic mass is 10.0. The smallest absolute Gasteiger partial charge is 0.180 e. The van der Waals surface area contributed by atoms with Crippen LogP contribution in [0.2, 0.25) is 0 Å². The number of furan rings is 1. The van der Waals surface area contributed by atoms with Crippen LogP contribution in [0.25, 0.3) is 99.4 Å².